The first-order valence-electron chi connectivity index (χ1n) is 7.63. The zero-order valence-corrected chi connectivity index (χ0v) is 15.3. The number of amides is 1. The van der Waals surface area contributed by atoms with Crippen molar-refractivity contribution < 1.29 is 4.79 Å². The van der Waals surface area contributed by atoms with E-state index in [9.17, 15) is 4.79 Å². The number of carbonyl (C=O) groups excluding carboxylic acids is 1. The quantitative estimate of drug-likeness (QED) is 0.682. The van der Waals surface area contributed by atoms with Crippen molar-refractivity contribution in [2.75, 3.05) is 16.3 Å². The van der Waals surface area contributed by atoms with Crippen LogP contribution in [0, 0.1) is 5.92 Å². The van der Waals surface area contributed by atoms with Crippen LogP contribution in [-0.4, -0.2) is 12.2 Å². The first-order chi connectivity index (χ1) is 11.2. The Bertz CT molecular complexity index is 693. The summed E-state index contributed by atoms with van der Waals surface area (Å²) in [6.45, 7) is 0. The van der Waals surface area contributed by atoms with Gasteiger partial charge in [-0.2, -0.15) is 0 Å². The van der Waals surface area contributed by atoms with Gasteiger partial charge in [0.1, 0.15) is 0 Å². The first-order valence-corrected chi connectivity index (χ1v) is 9.64. The molecule has 0 saturated heterocycles. The standard InChI is InChI=1S/C18H19BrN2OS/c1-23-21-15-10-13(19)9-14(11-15)20-18(22)17-8-7-16(17)12-5-3-2-4-6-12/h2-6,9-11,16-17,21H,7-8H2,1H3,(H,20,22). The van der Waals surface area contributed by atoms with Gasteiger partial charge in [-0.25, -0.2) is 0 Å². The maximum absolute atomic E-state index is 12.6. The molecule has 0 aliphatic heterocycles. The van der Waals surface area contributed by atoms with Crippen molar-refractivity contribution >= 4 is 45.2 Å². The normalized spacial score (nSPS) is 19.7. The topological polar surface area (TPSA) is 41.1 Å². The van der Waals surface area contributed by atoms with E-state index in [1.165, 1.54) is 17.5 Å². The Morgan fingerprint density at radius 2 is 1.87 bits per heavy atom. The molecule has 0 heterocycles. The van der Waals surface area contributed by atoms with Gasteiger partial charge in [0.2, 0.25) is 5.91 Å². The fourth-order valence-electron chi connectivity index (χ4n) is 2.99. The molecule has 1 saturated carbocycles. The van der Waals surface area contributed by atoms with E-state index in [0.29, 0.717) is 5.92 Å². The number of hydrogen-bond acceptors (Lipinski definition) is 3. The highest BCUT2D eigenvalue weighted by atomic mass is 79.9. The number of carbonyl (C=O) groups is 1. The van der Waals surface area contributed by atoms with Crippen molar-refractivity contribution in [2.24, 2.45) is 5.92 Å². The highest BCUT2D eigenvalue weighted by Crippen LogP contribution is 2.43. The molecule has 0 aromatic heterocycles. The van der Waals surface area contributed by atoms with Gasteiger partial charge in [0.25, 0.3) is 0 Å². The molecule has 3 rings (SSSR count). The molecular weight excluding hydrogens is 372 g/mol. The Hall–Kier alpha value is -1.46. The van der Waals surface area contributed by atoms with Crippen molar-refractivity contribution in [2.45, 2.75) is 18.8 Å². The molecule has 23 heavy (non-hydrogen) atoms. The fraction of sp³-hybridized carbons (Fsp3) is 0.278. The number of anilines is 2. The van der Waals surface area contributed by atoms with Crippen LogP contribution in [-0.2, 0) is 4.79 Å². The predicted molar refractivity (Wildman–Crippen MR) is 102 cm³/mol. The second-order valence-corrected chi connectivity index (χ2v) is 7.25. The Morgan fingerprint density at radius 3 is 2.52 bits per heavy atom. The van der Waals surface area contributed by atoms with E-state index < -0.39 is 0 Å². The van der Waals surface area contributed by atoms with Crippen LogP contribution in [0.1, 0.15) is 24.3 Å². The Morgan fingerprint density at radius 1 is 1.13 bits per heavy atom. The van der Waals surface area contributed by atoms with Crippen molar-refractivity contribution in [1.82, 2.24) is 0 Å². The molecule has 0 spiro atoms. The van der Waals surface area contributed by atoms with Crippen LogP contribution < -0.4 is 10.0 Å². The highest BCUT2D eigenvalue weighted by molar-refractivity contribution is 9.10. The molecule has 2 aromatic rings. The van der Waals surface area contributed by atoms with E-state index in [4.69, 9.17) is 0 Å². The Kier molecular flexibility index (Phi) is 5.28. The second kappa shape index (κ2) is 7.41. The van der Waals surface area contributed by atoms with Gasteiger partial charge >= 0.3 is 0 Å². The Balaban J connectivity index is 1.70. The summed E-state index contributed by atoms with van der Waals surface area (Å²) in [5.74, 6) is 0.513. The highest BCUT2D eigenvalue weighted by Gasteiger charge is 2.37. The minimum Gasteiger partial charge on any atom is -0.330 e. The van der Waals surface area contributed by atoms with E-state index >= 15 is 0 Å². The fourth-order valence-corrected chi connectivity index (χ4v) is 3.83. The van der Waals surface area contributed by atoms with Crippen LogP contribution in [0.15, 0.2) is 53.0 Å². The predicted octanol–water partition coefficient (Wildman–Crippen LogP) is 5.27. The van der Waals surface area contributed by atoms with Gasteiger partial charge in [-0.1, -0.05) is 58.2 Å². The average molecular weight is 391 g/mol. The van der Waals surface area contributed by atoms with Gasteiger partial charge < -0.3 is 10.0 Å². The lowest BCUT2D eigenvalue weighted by molar-refractivity contribution is -0.123. The number of hydrogen-bond donors (Lipinski definition) is 2. The smallest absolute Gasteiger partial charge is 0.228 e. The second-order valence-electron chi connectivity index (χ2n) is 5.73. The molecule has 1 aliphatic rings. The molecular formula is C18H19BrN2OS. The van der Waals surface area contributed by atoms with Crippen molar-refractivity contribution in [3.8, 4) is 0 Å². The van der Waals surface area contributed by atoms with Crippen LogP contribution in [0.2, 0.25) is 0 Å². The third-order valence-electron chi connectivity index (χ3n) is 4.22. The summed E-state index contributed by atoms with van der Waals surface area (Å²) in [5, 5.41) is 3.07. The van der Waals surface area contributed by atoms with Gasteiger partial charge in [0.15, 0.2) is 0 Å². The third-order valence-corrected chi connectivity index (χ3v) is 5.12. The summed E-state index contributed by atoms with van der Waals surface area (Å²) in [4.78, 5) is 12.6. The summed E-state index contributed by atoms with van der Waals surface area (Å²) < 4.78 is 4.13. The van der Waals surface area contributed by atoms with E-state index in [1.807, 2.05) is 42.7 Å². The lowest BCUT2D eigenvalue weighted by Gasteiger charge is -2.35. The van der Waals surface area contributed by atoms with Gasteiger partial charge in [-0.05, 0) is 42.5 Å². The zero-order valence-electron chi connectivity index (χ0n) is 12.9. The third kappa shape index (κ3) is 3.90. The van der Waals surface area contributed by atoms with Crippen LogP contribution in [0.4, 0.5) is 11.4 Å². The van der Waals surface area contributed by atoms with E-state index in [0.717, 1.165) is 28.7 Å². The van der Waals surface area contributed by atoms with Crippen LogP contribution >= 0.6 is 27.9 Å². The van der Waals surface area contributed by atoms with Gasteiger partial charge in [-0.15, -0.1) is 0 Å². The molecule has 2 atom stereocenters. The molecule has 1 aliphatic carbocycles. The average Bonchev–Trinajstić information content (AvgIpc) is 2.46. The molecule has 3 nitrogen and oxygen atoms in total. The molecule has 0 bridgehead atoms. The van der Waals surface area contributed by atoms with E-state index in [2.05, 4.69) is 38.1 Å². The molecule has 2 N–H and O–H groups in total. The van der Waals surface area contributed by atoms with Gasteiger partial charge in [-0.3, -0.25) is 4.79 Å². The summed E-state index contributed by atoms with van der Waals surface area (Å²) in [5.41, 5.74) is 3.05. The van der Waals surface area contributed by atoms with Crippen LogP contribution in [0.25, 0.3) is 0 Å². The van der Waals surface area contributed by atoms with Crippen molar-refractivity contribution in [1.29, 1.82) is 0 Å². The molecule has 1 amide bonds. The van der Waals surface area contributed by atoms with Crippen LogP contribution in [0.5, 0.6) is 0 Å². The Labute approximate surface area is 149 Å². The maximum atomic E-state index is 12.6. The van der Waals surface area contributed by atoms with E-state index in [1.54, 1.807) is 0 Å². The number of rotatable bonds is 5. The number of benzene rings is 2. The lowest BCUT2D eigenvalue weighted by Crippen LogP contribution is -2.35. The molecule has 0 radical (unpaired) electrons. The molecule has 2 aromatic carbocycles. The minimum absolute atomic E-state index is 0.0633. The maximum Gasteiger partial charge on any atom is 0.228 e. The minimum atomic E-state index is 0.0633. The van der Waals surface area contributed by atoms with E-state index in [-0.39, 0.29) is 11.8 Å². The first kappa shape index (κ1) is 16.4. The van der Waals surface area contributed by atoms with Gasteiger partial charge in [0.05, 0.1) is 0 Å². The van der Waals surface area contributed by atoms with Crippen molar-refractivity contribution in [3.05, 3.63) is 58.6 Å². The molecule has 120 valence electrons. The SMILES string of the molecule is CSNc1cc(Br)cc(NC(=O)C2CCC2c2ccccc2)c1. The monoisotopic (exact) mass is 390 g/mol. The largest absolute Gasteiger partial charge is 0.330 e. The molecule has 2 unspecified atom stereocenters. The zero-order chi connectivity index (χ0) is 16.2. The van der Waals surface area contributed by atoms with Gasteiger partial charge in [0, 0.05) is 28.0 Å². The summed E-state index contributed by atoms with van der Waals surface area (Å²) in [6, 6.07) is 16.2. The van der Waals surface area contributed by atoms with Crippen LogP contribution in [0.3, 0.4) is 0 Å². The lowest BCUT2D eigenvalue weighted by atomic mass is 9.69. The number of halogens is 1. The molecule has 1 fully saturated rings. The summed E-state index contributed by atoms with van der Waals surface area (Å²) in [7, 11) is 0. The molecule has 5 heteroatoms. The van der Waals surface area contributed by atoms with Crippen molar-refractivity contribution in [3.63, 3.8) is 0 Å². The summed E-state index contributed by atoms with van der Waals surface area (Å²) in [6.07, 6.45) is 4.01. The summed E-state index contributed by atoms with van der Waals surface area (Å²) >= 11 is 5.02. The number of nitrogens with one attached hydrogen (secondary N) is 2.